The Morgan fingerprint density at radius 1 is 0.421 bits per heavy atom. The summed E-state index contributed by atoms with van der Waals surface area (Å²) in [6, 6.07) is 52.8. The van der Waals surface area contributed by atoms with E-state index in [1.165, 1.54) is 55.6 Å². The van der Waals surface area contributed by atoms with Crippen molar-refractivity contribution in [1.29, 1.82) is 0 Å². The fourth-order valence-electron chi connectivity index (χ4n) is 6.78. The lowest BCUT2D eigenvalue weighted by Crippen LogP contribution is -2.26. The van der Waals surface area contributed by atoms with Crippen molar-refractivity contribution in [3.63, 3.8) is 0 Å². The standard InChI is InChI=1S/C37H25N/c1-3-11-25(12-4-1)26-21-23-28(24-22-26)38-34-20-10-19-33-35(34)31-17-9-16-30-29-15-7-8-18-32(29)37(33,36(30)31)27-13-5-2-6-14-27/h1-24,38H. The molecule has 0 bridgehead atoms. The van der Waals surface area contributed by atoms with E-state index in [4.69, 9.17) is 0 Å². The second kappa shape index (κ2) is 8.06. The maximum Gasteiger partial charge on any atom is 0.0726 e. The number of hydrogen-bond donors (Lipinski definition) is 1. The summed E-state index contributed by atoms with van der Waals surface area (Å²) in [5.41, 5.74) is 15.1. The molecule has 38 heavy (non-hydrogen) atoms. The molecule has 0 amide bonds. The van der Waals surface area contributed by atoms with E-state index in [9.17, 15) is 0 Å². The van der Waals surface area contributed by atoms with Crippen LogP contribution in [0.1, 0.15) is 22.3 Å². The van der Waals surface area contributed by atoms with Gasteiger partial charge in [-0.1, -0.05) is 127 Å². The van der Waals surface area contributed by atoms with Crippen molar-refractivity contribution in [3.05, 3.63) is 168 Å². The van der Waals surface area contributed by atoms with Crippen LogP contribution in [0.2, 0.25) is 0 Å². The number of benzene rings is 6. The van der Waals surface area contributed by atoms with Gasteiger partial charge in [-0.05, 0) is 68.3 Å². The van der Waals surface area contributed by atoms with E-state index in [-0.39, 0.29) is 5.41 Å². The molecule has 0 radical (unpaired) electrons. The third-order valence-electron chi connectivity index (χ3n) is 8.28. The Kier molecular flexibility index (Phi) is 4.50. The van der Waals surface area contributed by atoms with E-state index in [1.807, 2.05) is 0 Å². The average Bonchev–Trinajstić information content (AvgIpc) is 3.47. The van der Waals surface area contributed by atoms with Crippen molar-refractivity contribution in [2.24, 2.45) is 0 Å². The molecule has 1 heteroatoms. The van der Waals surface area contributed by atoms with Gasteiger partial charge in [0.15, 0.2) is 0 Å². The maximum atomic E-state index is 3.78. The Balaban J connectivity index is 1.32. The molecule has 0 spiro atoms. The summed E-state index contributed by atoms with van der Waals surface area (Å²) >= 11 is 0. The van der Waals surface area contributed by atoms with Crippen LogP contribution in [0, 0.1) is 0 Å². The fraction of sp³-hybridized carbons (Fsp3) is 0.0270. The molecule has 0 saturated carbocycles. The largest absolute Gasteiger partial charge is 0.355 e. The quantitative estimate of drug-likeness (QED) is 0.263. The first-order valence-corrected chi connectivity index (χ1v) is 13.2. The third kappa shape index (κ3) is 2.82. The van der Waals surface area contributed by atoms with Crippen LogP contribution in [0.15, 0.2) is 146 Å². The van der Waals surface area contributed by atoms with Gasteiger partial charge in [-0.3, -0.25) is 0 Å². The molecule has 1 unspecified atom stereocenters. The van der Waals surface area contributed by atoms with Crippen LogP contribution in [-0.4, -0.2) is 0 Å². The average molecular weight is 484 g/mol. The zero-order chi connectivity index (χ0) is 25.1. The molecule has 6 aromatic carbocycles. The molecule has 6 aromatic rings. The highest BCUT2D eigenvalue weighted by atomic mass is 14.9. The summed E-state index contributed by atoms with van der Waals surface area (Å²) in [5.74, 6) is 0. The van der Waals surface area contributed by atoms with Gasteiger partial charge in [-0.25, -0.2) is 0 Å². The number of nitrogens with one attached hydrogen (secondary N) is 1. The molecular weight excluding hydrogens is 458 g/mol. The summed E-state index contributed by atoms with van der Waals surface area (Å²) in [5, 5.41) is 3.78. The Bertz CT molecular complexity index is 1820. The Morgan fingerprint density at radius 2 is 1.03 bits per heavy atom. The molecule has 1 atom stereocenters. The number of anilines is 2. The van der Waals surface area contributed by atoms with E-state index < -0.39 is 0 Å². The molecule has 0 aromatic heterocycles. The highest BCUT2D eigenvalue weighted by Gasteiger charge is 2.52. The molecule has 0 heterocycles. The van der Waals surface area contributed by atoms with Gasteiger partial charge >= 0.3 is 0 Å². The second-order valence-corrected chi connectivity index (χ2v) is 10.2. The van der Waals surface area contributed by atoms with Crippen LogP contribution in [0.3, 0.4) is 0 Å². The molecule has 178 valence electrons. The SMILES string of the molecule is c1ccc(-c2ccc(Nc3cccc4c3-c3cccc5c3C4(c3ccccc3)c3ccccc3-5)cc2)cc1. The molecule has 2 aliphatic rings. The van der Waals surface area contributed by atoms with Crippen LogP contribution >= 0.6 is 0 Å². The first-order chi connectivity index (χ1) is 18.9. The molecule has 1 N–H and O–H groups in total. The van der Waals surface area contributed by atoms with E-state index >= 15 is 0 Å². The summed E-state index contributed by atoms with van der Waals surface area (Å²) in [4.78, 5) is 0. The molecule has 0 fully saturated rings. The maximum absolute atomic E-state index is 3.78. The fourth-order valence-corrected chi connectivity index (χ4v) is 6.78. The van der Waals surface area contributed by atoms with Crippen molar-refractivity contribution in [2.45, 2.75) is 5.41 Å². The van der Waals surface area contributed by atoms with Crippen LogP contribution in [0.25, 0.3) is 33.4 Å². The Morgan fingerprint density at radius 3 is 1.84 bits per heavy atom. The zero-order valence-electron chi connectivity index (χ0n) is 20.9. The van der Waals surface area contributed by atoms with E-state index in [1.54, 1.807) is 0 Å². The molecule has 2 aliphatic carbocycles. The van der Waals surface area contributed by atoms with Gasteiger partial charge in [0.1, 0.15) is 0 Å². The van der Waals surface area contributed by atoms with Gasteiger partial charge < -0.3 is 5.32 Å². The van der Waals surface area contributed by atoms with E-state index in [0.29, 0.717) is 0 Å². The van der Waals surface area contributed by atoms with Crippen molar-refractivity contribution < 1.29 is 0 Å². The zero-order valence-corrected chi connectivity index (χ0v) is 20.9. The highest BCUT2D eigenvalue weighted by molar-refractivity contribution is 6.02. The minimum atomic E-state index is -0.312. The van der Waals surface area contributed by atoms with Gasteiger partial charge in [-0.15, -0.1) is 0 Å². The number of rotatable bonds is 4. The van der Waals surface area contributed by atoms with Gasteiger partial charge in [0.05, 0.1) is 5.41 Å². The van der Waals surface area contributed by atoms with Crippen molar-refractivity contribution >= 4 is 11.4 Å². The van der Waals surface area contributed by atoms with Crippen molar-refractivity contribution in [2.75, 3.05) is 5.32 Å². The second-order valence-electron chi connectivity index (χ2n) is 10.2. The van der Waals surface area contributed by atoms with Crippen LogP contribution in [0.4, 0.5) is 11.4 Å². The van der Waals surface area contributed by atoms with Crippen LogP contribution in [-0.2, 0) is 5.41 Å². The van der Waals surface area contributed by atoms with E-state index in [0.717, 1.165) is 11.4 Å². The minimum absolute atomic E-state index is 0.312. The van der Waals surface area contributed by atoms with Gasteiger partial charge in [0, 0.05) is 16.9 Å². The van der Waals surface area contributed by atoms with Crippen molar-refractivity contribution in [3.8, 4) is 33.4 Å². The summed E-state index contributed by atoms with van der Waals surface area (Å²) in [6.07, 6.45) is 0. The summed E-state index contributed by atoms with van der Waals surface area (Å²) in [7, 11) is 0. The number of fused-ring (bicyclic) bond motifs is 6. The predicted octanol–water partition coefficient (Wildman–Crippen LogP) is 9.44. The third-order valence-corrected chi connectivity index (χ3v) is 8.28. The summed E-state index contributed by atoms with van der Waals surface area (Å²) < 4.78 is 0. The summed E-state index contributed by atoms with van der Waals surface area (Å²) in [6.45, 7) is 0. The number of hydrogen-bond acceptors (Lipinski definition) is 1. The molecule has 0 aliphatic heterocycles. The predicted molar refractivity (Wildman–Crippen MR) is 158 cm³/mol. The minimum Gasteiger partial charge on any atom is -0.355 e. The Hall–Kier alpha value is -4.88. The topological polar surface area (TPSA) is 12.0 Å². The lowest BCUT2D eigenvalue weighted by Gasteiger charge is -2.31. The normalized spacial score (nSPS) is 16.0. The van der Waals surface area contributed by atoms with Gasteiger partial charge in [0.25, 0.3) is 0 Å². The molecule has 0 saturated heterocycles. The van der Waals surface area contributed by atoms with E-state index in [2.05, 4.69) is 151 Å². The molecule has 8 rings (SSSR count). The van der Waals surface area contributed by atoms with Gasteiger partial charge in [0.2, 0.25) is 0 Å². The Labute approximate surface area is 223 Å². The first kappa shape index (κ1) is 21.2. The smallest absolute Gasteiger partial charge is 0.0726 e. The van der Waals surface area contributed by atoms with Crippen LogP contribution < -0.4 is 5.32 Å². The lowest BCUT2D eigenvalue weighted by atomic mass is 9.70. The first-order valence-electron chi connectivity index (χ1n) is 13.2. The molecule has 1 nitrogen and oxygen atoms in total. The molecular formula is C37H25N. The monoisotopic (exact) mass is 483 g/mol. The lowest BCUT2D eigenvalue weighted by molar-refractivity contribution is 0.792. The van der Waals surface area contributed by atoms with Gasteiger partial charge in [-0.2, -0.15) is 0 Å². The van der Waals surface area contributed by atoms with Crippen molar-refractivity contribution in [1.82, 2.24) is 0 Å². The highest BCUT2D eigenvalue weighted by Crippen LogP contribution is 2.65. The van der Waals surface area contributed by atoms with Crippen LogP contribution in [0.5, 0.6) is 0 Å².